The Morgan fingerprint density at radius 1 is 1.14 bits per heavy atom. The highest BCUT2D eigenvalue weighted by molar-refractivity contribution is 5.97. The molecule has 0 aliphatic heterocycles. The summed E-state index contributed by atoms with van der Waals surface area (Å²) >= 11 is 0. The average molecular weight is 382 g/mol. The number of rotatable bonds is 7. The minimum absolute atomic E-state index is 0.103. The summed E-state index contributed by atoms with van der Waals surface area (Å²) in [6.07, 6.45) is 0.565. The van der Waals surface area contributed by atoms with E-state index in [4.69, 9.17) is 0 Å². The van der Waals surface area contributed by atoms with Gasteiger partial charge in [-0.3, -0.25) is 14.9 Å². The maximum Gasteiger partial charge on any atom is 0.249 e. The molecule has 0 unspecified atom stereocenters. The molecule has 1 aromatic heterocycles. The fraction of sp³-hybridized carbons (Fsp3) is 0.286. The SMILES string of the molecule is CC[C@@H](C)[C@H](NC(=O)Cc1ccccc1F)C(=O)Nc1nc2ccccc2[nH]1. The molecule has 0 saturated carbocycles. The molecule has 3 aromatic rings. The first-order valence-electron chi connectivity index (χ1n) is 9.26. The van der Waals surface area contributed by atoms with E-state index in [1.54, 1.807) is 18.2 Å². The van der Waals surface area contributed by atoms with Crippen molar-refractivity contribution in [1.29, 1.82) is 0 Å². The Bertz CT molecular complexity index is 952. The summed E-state index contributed by atoms with van der Waals surface area (Å²) in [6, 6.07) is 12.8. The van der Waals surface area contributed by atoms with Crippen LogP contribution in [0, 0.1) is 11.7 Å². The molecule has 0 fully saturated rings. The van der Waals surface area contributed by atoms with Crippen LogP contribution >= 0.6 is 0 Å². The summed E-state index contributed by atoms with van der Waals surface area (Å²) in [7, 11) is 0. The molecule has 146 valence electrons. The zero-order valence-electron chi connectivity index (χ0n) is 15.8. The van der Waals surface area contributed by atoms with E-state index in [0.29, 0.717) is 17.9 Å². The van der Waals surface area contributed by atoms with Crippen LogP contribution in [0.25, 0.3) is 11.0 Å². The first-order chi connectivity index (χ1) is 13.5. The van der Waals surface area contributed by atoms with Crippen molar-refractivity contribution in [2.24, 2.45) is 5.92 Å². The topological polar surface area (TPSA) is 86.9 Å². The van der Waals surface area contributed by atoms with Gasteiger partial charge >= 0.3 is 0 Å². The maximum absolute atomic E-state index is 13.8. The molecule has 7 heteroatoms. The highest BCUT2D eigenvalue weighted by atomic mass is 19.1. The van der Waals surface area contributed by atoms with Crippen molar-refractivity contribution >= 4 is 28.8 Å². The lowest BCUT2D eigenvalue weighted by Crippen LogP contribution is -2.48. The molecule has 3 rings (SSSR count). The first-order valence-corrected chi connectivity index (χ1v) is 9.26. The maximum atomic E-state index is 13.8. The van der Waals surface area contributed by atoms with E-state index in [9.17, 15) is 14.0 Å². The van der Waals surface area contributed by atoms with Gasteiger partial charge < -0.3 is 10.3 Å². The van der Waals surface area contributed by atoms with Crippen LogP contribution in [0.15, 0.2) is 48.5 Å². The van der Waals surface area contributed by atoms with Crippen LogP contribution < -0.4 is 10.6 Å². The Kier molecular flexibility index (Phi) is 6.03. The molecule has 2 aromatic carbocycles. The van der Waals surface area contributed by atoms with Crippen LogP contribution in [0.1, 0.15) is 25.8 Å². The smallest absolute Gasteiger partial charge is 0.249 e. The van der Waals surface area contributed by atoms with Gasteiger partial charge in [-0.15, -0.1) is 0 Å². The van der Waals surface area contributed by atoms with Crippen molar-refractivity contribution in [3.63, 3.8) is 0 Å². The van der Waals surface area contributed by atoms with Crippen LogP contribution in [-0.2, 0) is 16.0 Å². The van der Waals surface area contributed by atoms with Crippen molar-refractivity contribution in [1.82, 2.24) is 15.3 Å². The van der Waals surface area contributed by atoms with Crippen molar-refractivity contribution in [3.8, 4) is 0 Å². The van der Waals surface area contributed by atoms with E-state index in [1.165, 1.54) is 6.07 Å². The van der Waals surface area contributed by atoms with Gasteiger partial charge in [0.1, 0.15) is 11.9 Å². The van der Waals surface area contributed by atoms with Crippen LogP contribution in [0.3, 0.4) is 0 Å². The van der Waals surface area contributed by atoms with Crippen molar-refractivity contribution in [2.75, 3.05) is 5.32 Å². The Labute approximate surface area is 162 Å². The molecule has 0 aliphatic rings. The predicted octanol–water partition coefficient (Wildman–Crippen LogP) is 3.41. The second-order valence-corrected chi connectivity index (χ2v) is 6.79. The zero-order valence-corrected chi connectivity index (χ0v) is 15.8. The Hall–Kier alpha value is -3.22. The summed E-state index contributed by atoms with van der Waals surface area (Å²) in [6.45, 7) is 3.82. The number of imidazole rings is 1. The number of hydrogen-bond donors (Lipinski definition) is 3. The second kappa shape index (κ2) is 8.65. The van der Waals surface area contributed by atoms with Gasteiger partial charge in [-0.05, 0) is 29.7 Å². The second-order valence-electron chi connectivity index (χ2n) is 6.79. The average Bonchev–Trinajstić information content (AvgIpc) is 3.09. The first kappa shape index (κ1) is 19.5. The number of hydrogen-bond acceptors (Lipinski definition) is 3. The fourth-order valence-electron chi connectivity index (χ4n) is 2.95. The number of aromatic nitrogens is 2. The number of fused-ring (bicyclic) bond motifs is 1. The van der Waals surface area contributed by atoms with Gasteiger partial charge in [-0.2, -0.15) is 0 Å². The number of halogens is 1. The predicted molar refractivity (Wildman–Crippen MR) is 106 cm³/mol. The van der Waals surface area contributed by atoms with Gasteiger partial charge in [0.15, 0.2) is 0 Å². The number of carbonyl (C=O) groups is 2. The quantitative estimate of drug-likeness (QED) is 0.585. The van der Waals surface area contributed by atoms with Crippen LogP contribution in [-0.4, -0.2) is 27.8 Å². The molecule has 28 heavy (non-hydrogen) atoms. The number of anilines is 1. The lowest BCUT2D eigenvalue weighted by Gasteiger charge is -2.23. The molecule has 2 atom stereocenters. The summed E-state index contributed by atoms with van der Waals surface area (Å²) in [4.78, 5) is 32.6. The van der Waals surface area contributed by atoms with E-state index in [0.717, 1.165) is 11.0 Å². The Balaban J connectivity index is 1.71. The fourth-order valence-corrected chi connectivity index (χ4v) is 2.95. The zero-order chi connectivity index (χ0) is 20.1. The molecule has 2 amide bonds. The summed E-state index contributed by atoms with van der Waals surface area (Å²) in [5.74, 6) is -0.994. The third-order valence-electron chi connectivity index (χ3n) is 4.75. The van der Waals surface area contributed by atoms with E-state index >= 15 is 0 Å². The standard InChI is InChI=1S/C21H23FN4O2/c1-3-13(2)19(25-18(27)12-14-8-4-5-9-15(14)22)20(28)26-21-23-16-10-6-7-11-17(16)24-21/h4-11,13,19H,3,12H2,1-2H3,(H,25,27)(H2,23,24,26,28)/t13-,19+/m1/s1. The molecule has 6 nitrogen and oxygen atoms in total. The van der Waals surface area contributed by atoms with Gasteiger partial charge in [0, 0.05) is 0 Å². The van der Waals surface area contributed by atoms with Crippen molar-refractivity contribution in [3.05, 3.63) is 59.9 Å². The van der Waals surface area contributed by atoms with Gasteiger partial charge in [0.25, 0.3) is 0 Å². The molecular weight excluding hydrogens is 359 g/mol. The third-order valence-corrected chi connectivity index (χ3v) is 4.75. The third kappa shape index (κ3) is 4.54. The van der Waals surface area contributed by atoms with Crippen LogP contribution in [0.2, 0.25) is 0 Å². The highest BCUT2D eigenvalue weighted by Crippen LogP contribution is 2.16. The number of carbonyl (C=O) groups excluding carboxylic acids is 2. The number of aromatic amines is 1. The largest absolute Gasteiger partial charge is 0.344 e. The minimum Gasteiger partial charge on any atom is -0.344 e. The van der Waals surface area contributed by atoms with E-state index < -0.39 is 17.8 Å². The summed E-state index contributed by atoms with van der Waals surface area (Å²) in [5.41, 5.74) is 1.84. The van der Waals surface area contributed by atoms with Crippen LogP contribution in [0.5, 0.6) is 0 Å². The summed E-state index contributed by atoms with van der Waals surface area (Å²) in [5, 5.41) is 5.47. The summed E-state index contributed by atoms with van der Waals surface area (Å²) < 4.78 is 13.8. The van der Waals surface area contributed by atoms with Gasteiger partial charge in [-0.25, -0.2) is 9.37 Å². The molecule has 0 saturated heterocycles. The molecule has 0 spiro atoms. The number of para-hydroxylation sites is 2. The number of H-pyrrole nitrogens is 1. The monoisotopic (exact) mass is 382 g/mol. The van der Waals surface area contributed by atoms with E-state index in [1.807, 2.05) is 38.1 Å². The molecule has 0 radical (unpaired) electrons. The Morgan fingerprint density at radius 2 is 1.86 bits per heavy atom. The van der Waals surface area contributed by atoms with E-state index in [2.05, 4.69) is 20.6 Å². The van der Waals surface area contributed by atoms with Gasteiger partial charge in [0.2, 0.25) is 17.8 Å². The molecule has 1 heterocycles. The molecule has 0 aliphatic carbocycles. The highest BCUT2D eigenvalue weighted by Gasteiger charge is 2.27. The Morgan fingerprint density at radius 3 is 2.57 bits per heavy atom. The van der Waals surface area contributed by atoms with Gasteiger partial charge in [0.05, 0.1) is 17.5 Å². The lowest BCUT2D eigenvalue weighted by molar-refractivity contribution is -0.127. The van der Waals surface area contributed by atoms with Crippen LogP contribution in [0.4, 0.5) is 10.3 Å². The minimum atomic E-state index is -0.752. The number of benzene rings is 2. The number of nitrogens with zero attached hydrogens (tertiary/aromatic N) is 1. The van der Waals surface area contributed by atoms with Crippen molar-refractivity contribution in [2.45, 2.75) is 32.7 Å². The molecule has 0 bridgehead atoms. The number of nitrogens with one attached hydrogen (secondary N) is 3. The number of amides is 2. The van der Waals surface area contributed by atoms with E-state index in [-0.39, 0.29) is 18.2 Å². The molecular formula is C21H23FN4O2. The van der Waals surface area contributed by atoms with Crippen molar-refractivity contribution < 1.29 is 14.0 Å². The molecule has 3 N–H and O–H groups in total. The van der Waals surface area contributed by atoms with Gasteiger partial charge in [-0.1, -0.05) is 50.6 Å². The normalized spacial score (nSPS) is 13.1. The lowest BCUT2D eigenvalue weighted by atomic mass is 9.98.